The summed E-state index contributed by atoms with van der Waals surface area (Å²) in [6.45, 7) is 5.52. The SMILES string of the molecule is C=C(O)CC(C)CC(=O)N(c1ccccc1)C1CCCCC1. The zero-order chi connectivity index (χ0) is 15.9. The number of allylic oxidation sites excluding steroid dienone is 1. The first-order valence-electron chi connectivity index (χ1n) is 8.31. The second-order valence-corrected chi connectivity index (χ2v) is 6.47. The lowest BCUT2D eigenvalue weighted by Crippen LogP contribution is -2.42. The number of amides is 1. The van der Waals surface area contributed by atoms with E-state index in [9.17, 15) is 9.90 Å². The largest absolute Gasteiger partial charge is 0.513 e. The highest BCUT2D eigenvalue weighted by Crippen LogP contribution is 2.29. The molecule has 3 heteroatoms. The van der Waals surface area contributed by atoms with E-state index in [-0.39, 0.29) is 17.6 Å². The van der Waals surface area contributed by atoms with E-state index in [0.717, 1.165) is 18.5 Å². The second-order valence-electron chi connectivity index (χ2n) is 6.47. The van der Waals surface area contributed by atoms with Crippen LogP contribution >= 0.6 is 0 Å². The first kappa shape index (κ1) is 16.6. The maximum absolute atomic E-state index is 12.8. The van der Waals surface area contributed by atoms with Crippen LogP contribution in [0.5, 0.6) is 0 Å². The Morgan fingerprint density at radius 2 is 1.86 bits per heavy atom. The van der Waals surface area contributed by atoms with Crippen molar-refractivity contribution in [2.24, 2.45) is 5.92 Å². The van der Waals surface area contributed by atoms with Gasteiger partial charge < -0.3 is 10.0 Å². The fourth-order valence-electron chi connectivity index (χ4n) is 3.36. The van der Waals surface area contributed by atoms with Gasteiger partial charge in [-0.05, 0) is 30.9 Å². The molecular weight excluding hydrogens is 274 g/mol. The van der Waals surface area contributed by atoms with Crippen LogP contribution in [0, 0.1) is 5.92 Å². The molecular formula is C19H27NO2. The van der Waals surface area contributed by atoms with E-state index >= 15 is 0 Å². The highest BCUT2D eigenvalue weighted by molar-refractivity contribution is 5.94. The van der Waals surface area contributed by atoms with E-state index in [2.05, 4.69) is 6.58 Å². The molecule has 1 aromatic rings. The van der Waals surface area contributed by atoms with Crippen LogP contribution in [-0.4, -0.2) is 17.1 Å². The Kier molecular flexibility index (Phi) is 6.05. The molecule has 120 valence electrons. The number of hydrogen-bond acceptors (Lipinski definition) is 2. The molecule has 0 heterocycles. The molecule has 1 aliphatic rings. The summed E-state index contributed by atoms with van der Waals surface area (Å²) in [6.07, 6.45) is 6.77. The molecule has 0 radical (unpaired) electrons. The Morgan fingerprint density at radius 3 is 2.45 bits per heavy atom. The number of anilines is 1. The van der Waals surface area contributed by atoms with Gasteiger partial charge in [0.15, 0.2) is 0 Å². The smallest absolute Gasteiger partial charge is 0.227 e. The van der Waals surface area contributed by atoms with E-state index in [0.29, 0.717) is 18.9 Å². The van der Waals surface area contributed by atoms with Crippen LogP contribution in [0.15, 0.2) is 42.7 Å². The lowest BCUT2D eigenvalue weighted by atomic mass is 9.92. The third-order valence-electron chi connectivity index (χ3n) is 4.35. The van der Waals surface area contributed by atoms with Crippen molar-refractivity contribution in [3.05, 3.63) is 42.7 Å². The van der Waals surface area contributed by atoms with Crippen LogP contribution in [0.2, 0.25) is 0 Å². The number of hydrogen-bond donors (Lipinski definition) is 1. The zero-order valence-corrected chi connectivity index (χ0v) is 13.5. The van der Waals surface area contributed by atoms with E-state index in [4.69, 9.17) is 0 Å². The monoisotopic (exact) mass is 301 g/mol. The van der Waals surface area contributed by atoms with Crippen LogP contribution in [0.3, 0.4) is 0 Å². The van der Waals surface area contributed by atoms with E-state index < -0.39 is 0 Å². The van der Waals surface area contributed by atoms with Gasteiger partial charge >= 0.3 is 0 Å². The molecule has 22 heavy (non-hydrogen) atoms. The molecule has 0 bridgehead atoms. The number of carbonyl (C=O) groups is 1. The van der Waals surface area contributed by atoms with Gasteiger partial charge in [-0.1, -0.05) is 51.0 Å². The van der Waals surface area contributed by atoms with Gasteiger partial charge in [0, 0.05) is 24.6 Å². The quantitative estimate of drug-likeness (QED) is 0.764. The predicted molar refractivity (Wildman–Crippen MR) is 91.0 cm³/mol. The molecule has 0 spiro atoms. The van der Waals surface area contributed by atoms with Gasteiger partial charge in [-0.15, -0.1) is 0 Å². The molecule has 1 aromatic carbocycles. The highest BCUT2D eigenvalue weighted by atomic mass is 16.3. The van der Waals surface area contributed by atoms with Crippen molar-refractivity contribution in [1.82, 2.24) is 0 Å². The van der Waals surface area contributed by atoms with Crippen molar-refractivity contribution in [1.29, 1.82) is 0 Å². The van der Waals surface area contributed by atoms with Crippen molar-refractivity contribution >= 4 is 11.6 Å². The fourth-order valence-corrected chi connectivity index (χ4v) is 3.36. The van der Waals surface area contributed by atoms with Gasteiger partial charge in [0.05, 0.1) is 5.76 Å². The second kappa shape index (κ2) is 8.02. The van der Waals surface area contributed by atoms with Crippen LogP contribution in [0.25, 0.3) is 0 Å². The molecule has 0 aliphatic heterocycles. The molecule has 3 nitrogen and oxygen atoms in total. The van der Waals surface area contributed by atoms with Crippen LogP contribution in [-0.2, 0) is 4.79 Å². The Morgan fingerprint density at radius 1 is 1.23 bits per heavy atom. The van der Waals surface area contributed by atoms with Crippen LogP contribution < -0.4 is 4.90 Å². The fraction of sp³-hybridized carbons (Fsp3) is 0.526. The summed E-state index contributed by atoms with van der Waals surface area (Å²) in [5, 5.41) is 9.32. The lowest BCUT2D eigenvalue weighted by molar-refractivity contribution is -0.120. The Balaban J connectivity index is 2.13. The van der Waals surface area contributed by atoms with Gasteiger partial charge in [0.2, 0.25) is 5.91 Å². The Bertz CT molecular complexity index is 491. The average molecular weight is 301 g/mol. The summed E-state index contributed by atoms with van der Waals surface area (Å²) in [5.74, 6) is 0.427. The Labute approximate surface area is 133 Å². The minimum absolute atomic E-state index is 0.111. The van der Waals surface area contributed by atoms with Gasteiger partial charge in [-0.25, -0.2) is 0 Å². The highest BCUT2D eigenvalue weighted by Gasteiger charge is 2.27. The summed E-state index contributed by atoms with van der Waals surface area (Å²) >= 11 is 0. The molecule has 1 atom stereocenters. The van der Waals surface area contributed by atoms with E-state index in [1.54, 1.807) is 0 Å². The molecule has 1 unspecified atom stereocenters. The van der Waals surface area contributed by atoms with Crippen molar-refractivity contribution in [2.75, 3.05) is 4.90 Å². The topological polar surface area (TPSA) is 40.5 Å². The summed E-state index contributed by atoms with van der Waals surface area (Å²) in [7, 11) is 0. The van der Waals surface area contributed by atoms with Crippen molar-refractivity contribution < 1.29 is 9.90 Å². The van der Waals surface area contributed by atoms with Crippen molar-refractivity contribution in [2.45, 2.75) is 57.9 Å². The first-order chi connectivity index (χ1) is 10.6. The molecule has 1 amide bonds. The Hall–Kier alpha value is -1.77. The number of benzene rings is 1. The minimum atomic E-state index is 0.111. The number of aliphatic hydroxyl groups excluding tert-OH is 1. The molecule has 0 aromatic heterocycles. The minimum Gasteiger partial charge on any atom is -0.513 e. The lowest BCUT2D eigenvalue weighted by Gasteiger charge is -2.35. The third-order valence-corrected chi connectivity index (χ3v) is 4.35. The summed E-state index contributed by atoms with van der Waals surface area (Å²) in [4.78, 5) is 14.8. The molecule has 1 fully saturated rings. The normalized spacial score (nSPS) is 17.0. The van der Waals surface area contributed by atoms with Gasteiger partial charge in [-0.2, -0.15) is 0 Å². The molecule has 1 N–H and O–H groups in total. The maximum atomic E-state index is 12.8. The number of aliphatic hydroxyl groups is 1. The predicted octanol–water partition coefficient (Wildman–Crippen LogP) is 4.84. The molecule has 2 rings (SSSR count). The van der Waals surface area contributed by atoms with Crippen molar-refractivity contribution in [3.8, 4) is 0 Å². The van der Waals surface area contributed by atoms with E-state index in [1.165, 1.54) is 19.3 Å². The van der Waals surface area contributed by atoms with E-state index in [1.807, 2.05) is 42.2 Å². The number of para-hydroxylation sites is 1. The summed E-state index contributed by atoms with van der Waals surface area (Å²) in [6, 6.07) is 10.3. The first-order valence-corrected chi connectivity index (χ1v) is 8.31. The number of rotatable bonds is 6. The molecule has 1 aliphatic carbocycles. The van der Waals surface area contributed by atoms with Gasteiger partial charge in [0.25, 0.3) is 0 Å². The summed E-state index contributed by atoms with van der Waals surface area (Å²) in [5.41, 5.74) is 0.995. The standard InChI is InChI=1S/C19H27NO2/c1-15(13-16(2)21)14-19(22)20(17-9-5-3-6-10-17)18-11-7-4-8-12-18/h3,5-6,9-10,15,18,21H,2,4,7-8,11-14H2,1H3. The van der Waals surface area contributed by atoms with Gasteiger partial charge in [-0.3, -0.25) is 4.79 Å². The number of carbonyl (C=O) groups excluding carboxylic acids is 1. The van der Waals surface area contributed by atoms with Crippen LogP contribution in [0.1, 0.15) is 51.9 Å². The van der Waals surface area contributed by atoms with Gasteiger partial charge in [0.1, 0.15) is 0 Å². The number of nitrogens with zero attached hydrogens (tertiary/aromatic N) is 1. The molecule has 1 saturated carbocycles. The molecule has 0 saturated heterocycles. The zero-order valence-electron chi connectivity index (χ0n) is 13.5. The maximum Gasteiger partial charge on any atom is 0.227 e. The van der Waals surface area contributed by atoms with Crippen LogP contribution in [0.4, 0.5) is 5.69 Å². The van der Waals surface area contributed by atoms with Crippen molar-refractivity contribution in [3.63, 3.8) is 0 Å². The summed E-state index contributed by atoms with van der Waals surface area (Å²) < 4.78 is 0. The average Bonchev–Trinajstić information content (AvgIpc) is 2.48. The third kappa shape index (κ3) is 4.62.